The van der Waals surface area contributed by atoms with Gasteiger partial charge in [-0.25, -0.2) is 0 Å². The van der Waals surface area contributed by atoms with E-state index in [9.17, 15) is 9.90 Å². The molecule has 0 bridgehead atoms. The minimum Gasteiger partial charge on any atom is -0.491 e. The van der Waals surface area contributed by atoms with Crippen molar-refractivity contribution in [1.29, 1.82) is 0 Å². The zero-order valence-corrected chi connectivity index (χ0v) is 13.3. The van der Waals surface area contributed by atoms with Gasteiger partial charge in [0.15, 0.2) is 0 Å². The van der Waals surface area contributed by atoms with E-state index in [1.54, 1.807) is 0 Å². The lowest BCUT2D eigenvalue weighted by Crippen LogP contribution is -2.39. The zero-order chi connectivity index (χ0) is 15.8. The third kappa shape index (κ3) is 5.31. The number of carbonyl (C=O) groups excluding carboxylic acids is 1. The van der Waals surface area contributed by atoms with Crippen molar-refractivity contribution in [3.05, 3.63) is 30.3 Å². The second kappa shape index (κ2) is 8.76. The number of benzene rings is 1. The molecule has 1 aliphatic heterocycles. The van der Waals surface area contributed by atoms with Gasteiger partial charge in [0, 0.05) is 32.6 Å². The first-order valence-electron chi connectivity index (χ1n) is 8.05. The molecule has 1 heterocycles. The maximum Gasteiger partial charge on any atom is 0.222 e. The Labute approximate surface area is 132 Å². The monoisotopic (exact) mass is 306 g/mol. The van der Waals surface area contributed by atoms with Crippen LogP contribution in [0, 0.1) is 0 Å². The number of aliphatic hydroxyl groups excluding tert-OH is 1. The van der Waals surface area contributed by atoms with Crippen LogP contribution in [0.2, 0.25) is 0 Å². The molecule has 122 valence electrons. The van der Waals surface area contributed by atoms with Crippen molar-refractivity contribution in [2.45, 2.75) is 25.9 Å². The normalized spacial score (nSPS) is 17.8. The van der Waals surface area contributed by atoms with Crippen LogP contribution in [0.3, 0.4) is 0 Å². The topological polar surface area (TPSA) is 53.0 Å². The van der Waals surface area contributed by atoms with Crippen LogP contribution in [0.15, 0.2) is 30.3 Å². The van der Waals surface area contributed by atoms with Gasteiger partial charge in [-0.3, -0.25) is 9.69 Å². The van der Waals surface area contributed by atoms with Gasteiger partial charge in [-0.2, -0.15) is 0 Å². The van der Waals surface area contributed by atoms with Crippen molar-refractivity contribution < 1.29 is 14.6 Å². The van der Waals surface area contributed by atoms with Crippen LogP contribution in [0.25, 0.3) is 0 Å². The summed E-state index contributed by atoms with van der Waals surface area (Å²) in [5, 5.41) is 10.1. The Morgan fingerprint density at radius 1 is 1.23 bits per heavy atom. The molecule has 1 aromatic carbocycles. The SMILES string of the molecule is CCC(=O)N1CCCN(CC(O)COc2ccccc2)CC1. The van der Waals surface area contributed by atoms with Gasteiger partial charge in [-0.1, -0.05) is 25.1 Å². The molecule has 0 saturated carbocycles. The van der Waals surface area contributed by atoms with Crippen LogP contribution in [-0.4, -0.2) is 66.2 Å². The van der Waals surface area contributed by atoms with Crippen molar-refractivity contribution in [2.24, 2.45) is 0 Å². The second-order valence-corrected chi connectivity index (χ2v) is 5.67. The predicted octanol–water partition coefficient (Wildman–Crippen LogP) is 1.37. The Morgan fingerprint density at radius 2 is 2.00 bits per heavy atom. The first-order chi connectivity index (χ1) is 10.7. The van der Waals surface area contributed by atoms with Gasteiger partial charge in [0.1, 0.15) is 18.5 Å². The number of carbonyl (C=O) groups is 1. The molecule has 0 radical (unpaired) electrons. The van der Waals surface area contributed by atoms with Crippen LogP contribution < -0.4 is 4.74 Å². The summed E-state index contributed by atoms with van der Waals surface area (Å²) in [6.07, 6.45) is 1.000. The van der Waals surface area contributed by atoms with Crippen molar-refractivity contribution in [1.82, 2.24) is 9.80 Å². The average Bonchev–Trinajstić information content (AvgIpc) is 2.79. The smallest absolute Gasteiger partial charge is 0.222 e. The molecule has 0 aliphatic carbocycles. The summed E-state index contributed by atoms with van der Waals surface area (Å²) >= 11 is 0. The fourth-order valence-corrected chi connectivity index (χ4v) is 2.69. The number of hydrogen-bond donors (Lipinski definition) is 1. The molecule has 1 fully saturated rings. The van der Waals surface area contributed by atoms with Gasteiger partial charge in [-0.05, 0) is 25.1 Å². The standard InChI is InChI=1S/C17H26N2O3/c1-2-17(21)19-10-6-9-18(11-12-19)13-15(20)14-22-16-7-4-3-5-8-16/h3-5,7-8,15,20H,2,6,9-14H2,1H3. The Bertz CT molecular complexity index is 452. The summed E-state index contributed by atoms with van der Waals surface area (Å²) in [7, 11) is 0. The van der Waals surface area contributed by atoms with Gasteiger partial charge < -0.3 is 14.7 Å². The highest BCUT2D eigenvalue weighted by atomic mass is 16.5. The highest BCUT2D eigenvalue weighted by molar-refractivity contribution is 5.75. The molecule has 1 aliphatic rings. The summed E-state index contributed by atoms with van der Waals surface area (Å²) in [6, 6.07) is 9.52. The number of amides is 1. The van der Waals surface area contributed by atoms with Crippen molar-refractivity contribution in [3.63, 3.8) is 0 Å². The molecular weight excluding hydrogens is 280 g/mol. The third-order valence-corrected chi connectivity index (χ3v) is 3.90. The molecule has 0 spiro atoms. The molecule has 22 heavy (non-hydrogen) atoms. The number of para-hydroxylation sites is 1. The highest BCUT2D eigenvalue weighted by Gasteiger charge is 2.19. The Morgan fingerprint density at radius 3 is 2.73 bits per heavy atom. The molecule has 1 saturated heterocycles. The quantitative estimate of drug-likeness (QED) is 0.862. The lowest BCUT2D eigenvalue weighted by molar-refractivity contribution is -0.130. The first-order valence-corrected chi connectivity index (χ1v) is 8.05. The van der Waals surface area contributed by atoms with Crippen molar-refractivity contribution >= 4 is 5.91 Å². The maximum atomic E-state index is 11.7. The number of aliphatic hydroxyl groups is 1. The van der Waals surface area contributed by atoms with Gasteiger partial charge in [0.2, 0.25) is 5.91 Å². The molecule has 0 aromatic heterocycles. The number of β-amino-alcohol motifs (C(OH)–C–C–N with tert-alkyl or cyclic N) is 1. The Hall–Kier alpha value is -1.59. The second-order valence-electron chi connectivity index (χ2n) is 5.67. The molecule has 1 unspecified atom stereocenters. The Kier molecular flexibility index (Phi) is 6.68. The van der Waals surface area contributed by atoms with E-state index < -0.39 is 6.10 Å². The van der Waals surface area contributed by atoms with Gasteiger partial charge in [0.05, 0.1) is 0 Å². The van der Waals surface area contributed by atoms with E-state index in [1.165, 1.54) is 0 Å². The minimum atomic E-state index is -0.520. The highest BCUT2D eigenvalue weighted by Crippen LogP contribution is 2.10. The van der Waals surface area contributed by atoms with E-state index in [-0.39, 0.29) is 12.5 Å². The summed E-state index contributed by atoms with van der Waals surface area (Å²) in [4.78, 5) is 15.9. The third-order valence-electron chi connectivity index (χ3n) is 3.90. The minimum absolute atomic E-state index is 0.217. The van der Waals surface area contributed by atoms with Crippen LogP contribution in [-0.2, 0) is 4.79 Å². The van der Waals surface area contributed by atoms with E-state index >= 15 is 0 Å². The largest absolute Gasteiger partial charge is 0.491 e. The van der Waals surface area contributed by atoms with Gasteiger partial charge in [0.25, 0.3) is 0 Å². The number of hydrogen-bond acceptors (Lipinski definition) is 4. The van der Waals surface area contributed by atoms with Crippen molar-refractivity contribution in [3.8, 4) is 5.75 Å². The van der Waals surface area contributed by atoms with E-state index in [2.05, 4.69) is 4.90 Å². The summed E-state index contributed by atoms with van der Waals surface area (Å²) in [6.45, 7) is 6.07. The van der Waals surface area contributed by atoms with Gasteiger partial charge >= 0.3 is 0 Å². The van der Waals surface area contributed by atoms with Crippen LogP contribution >= 0.6 is 0 Å². The van der Waals surface area contributed by atoms with Crippen LogP contribution in [0.1, 0.15) is 19.8 Å². The van der Waals surface area contributed by atoms with E-state index in [1.807, 2.05) is 42.2 Å². The summed E-state index contributed by atoms with van der Waals surface area (Å²) in [5.74, 6) is 0.993. The maximum absolute atomic E-state index is 11.7. The fourth-order valence-electron chi connectivity index (χ4n) is 2.69. The molecular formula is C17H26N2O3. The summed E-state index contributed by atoms with van der Waals surface area (Å²) < 4.78 is 5.58. The Balaban J connectivity index is 1.72. The zero-order valence-electron chi connectivity index (χ0n) is 13.3. The molecule has 1 amide bonds. The molecule has 5 heteroatoms. The van der Waals surface area contributed by atoms with Crippen molar-refractivity contribution in [2.75, 3.05) is 39.3 Å². The molecule has 1 N–H and O–H groups in total. The lowest BCUT2D eigenvalue weighted by atomic mass is 10.3. The van der Waals surface area contributed by atoms with Crippen LogP contribution in [0.5, 0.6) is 5.75 Å². The first kappa shape index (κ1) is 16.8. The van der Waals surface area contributed by atoms with E-state index in [0.717, 1.165) is 38.3 Å². The van der Waals surface area contributed by atoms with E-state index in [0.29, 0.717) is 13.0 Å². The molecule has 5 nitrogen and oxygen atoms in total. The predicted molar refractivity (Wildman–Crippen MR) is 85.9 cm³/mol. The number of nitrogens with zero attached hydrogens (tertiary/aromatic N) is 2. The average molecular weight is 306 g/mol. The number of rotatable bonds is 6. The lowest BCUT2D eigenvalue weighted by Gasteiger charge is -2.24. The molecule has 2 rings (SSSR count). The van der Waals surface area contributed by atoms with E-state index in [4.69, 9.17) is 4.74 Å². The molecule has 1 atom stereocenters. The fraction of sp³-hybridized carbons (Fsp3) is 0.588. The van der Waals surface area contributed by atoms with Gasteiger partial charge in [-0.15, -0.1) is 0 Å². The number of ether oxygens (including phenoxy) is 1. The van der Waals surface area contributed by atoms with Crippen LogP contribution in [0.4, 0.5) is 0 Å². The molecule has 1 aromatic rings. The summed E-state index contributed by atoms with van der Waals surface area (Å²) in [5.41, 5.74) is 0.